The number of benzene rings is 1. The number of nitrogens with zero attached hydrogens (tertiary/aromatic N) is 3. The number of carbonyl (C=O) groups excluding carboxylic acids is 1. The van der Waals surface area contributed by atoms with Gasteiger partial charge in [0.15, 0.2) is 0 Å². The Kier molecular flexibility index (Phi) is 3.95. The summed E-state index contributed by atoms with van der Waals surface area (Å²) in [5, 5.41) is 11.2. The molecule has 102 valence electrons. The topological polar surface area (TPSA) is 76.3 Å². The zero-order chi connectivity index (χ0) is 14.7. The molecular formula is C13H10ClN3O3. The van der Waals surface area contributed by atoms with Gasteiger partial charge in [0.1, 0.15) is 5.82 Å². The van der Waals surface area contributed by atoms with Gasteiger partial charge in [-0.1, -0.05) is 17.7 Å². The maximum absolute atomic E-state index is 11.8. The molecule has 0 aliphatic rings. The molecule has 0 saturated heterocycles. The maximum Gasteiger partial charge on any atom is 0.274 e. The second kappa shape index (κ2) is 5.66. The highest BCUT2D eigenvalue weighted by atomic mass is 35.5. The first-order valence-corrected chi connectivity index (χ1v) is 6.03. The Morgan fingerprint density at radius 1 is 1.35 bits per heavy atom. The van der Waals surface area contributed by atoms with Crippen LogP contribution >= 0.6 is 11.6 Å². The molecule has 0 radical (unpaired) electrons. The van der Waals surface area contributed by atoms with E-state index in [0.29, 0.717) is 10.7 Å². The number of amides is 1. The van der Waals surface area contributed by atoms with Crippen molar-refractivity contribution in [2.45, 2.75) is 6.92 Å². The standard InChI is InChI=1S/C13H10ClN3O3/c1-9(18)16(11-4-2-3-10(14)7-11)13-8-12(17(19)20)5-6-15-13/h2-8H,1H3. The van der Waals surface area contributed by atoms with Gasteiger partial charge < -0.3 is 0 Å². The van der Waals surface area contributed by atoms with Crippen LogP contribution in [0.25, 0.3) is 0 Å². The van der Waals surface area contributed by atoms with Gasteiger partial charge in [-0.05, 0) is 18.2 Å². The van der Waals surface area contributed by atoms with E-state index in [1.165, 1.54) is 30.2 Å². The number of hydrogen-bond acceptors (Lipinski definition) is 4. The molecule has 0 aliphatic carbocycles. The summed E-state index contributed by atoms with van der Waals surface area (Å²) >= 11 is 5.90. The predicted molar refractivity (Wildman–Crippen MR) is 75.2 cm³/mol. The summed E-state index contributed by atoms with van der Waals surface area (Å²) < 4.78 is 0. The number of rotatable bonds is 3. The Morgan fingerprint density at radius 3 is 2.70 bits per heavy atom. The van der Waals surface area contributed by atoms with Gasteiger partial charge in [0.2, 0.25) is 5.91 Å². The number of anilines is 2. The summed E-state index contributed by atoms with van der Waals surface area (Å²) in [5.41, 5.74) is 0.362. The van der Waals surface area contributed by atoms with Gasteiger partial charge in [0.25, 0.3) is 5.69 Å². The Hall–Kier alpha value is -2.47. The van der Waals surface area contributed by atoms with Crippen molar-refractivity contribution < 1.29 is 9.72 Å². The highest BCUT2D eigenvalue weighted by Crippen LogP contribution is 2.28. The average molecular weight is 292 g/mol. The fraction of sp³-hybridized carbons (Fsp3) is 0.0769. The van der Waals surface area contributed by atoms with Gasteiger partial charge in [-0.3, -0.25) is 19.8 Å². The molecule has 0 N–H and O–H groups in total. The molecule has 6 nitrogen and oxygen atoms in total. The second-order valence-corrected chi connectivity index (χ2v) is 4.40. The van der Waals surface area contributed by atoms with Gasteiger partial charge in [-0.2, -0.15) is 0 Å². The highest BCUT2D eigenvalue weighted by molar-refractivity contribution is 6.31. The normalized spacial score (nSPS) is 10.1. The molecule has 0 atom stereocenters. The minimum Gasteiger partial charge on any atom is -0.274 e. The first-order chi connectivity index (χ1) is 9.49. The fourth-order valence-corrected chi connectivity index (χ4v) is 1.92. The molecule has 1 aromatic carbocycles. The van der Waals surface area contributed by atoms with Crippen molar-refractivity contribution in [3.8, 4) is 0 Å². The van der Waals surface area contributed by atoms with Crippen molar-refractivity contribution in [2.75, 3.05) is 4.90 Å². The molecule has 0 unspecified atom stereocenters. The van der Waals surface area contributed by atoms with E-state index in [2.05, 4.69) is 4.98 Å². The van der Waals surface area contributed by atoms with Crippen LogP contribution in [0.15, 0.2) is 42.6 Å². The van der Waals surface area contributed by atoms with E-state index in [0.717, 1.165) is 0 Å². The average Bonchev–Trinajstić information content (AvgIpc) is 2.39. The molecule has 0 spiro atoms. The van der Waals surface area contributed by atoms with Crippen molar-refractivity contribution in [1.29, 1.82) is 0 Å². The number of halogens is 1. The van der Waals surface area contributed by atoms with Crippen LogP contribution in [0.5, 0.6) is 0 Å². The van der Waals surface area contributed by atoms with Gasteiger partial charge in [-0.25, -0.2) is 4.98 Å². The van der Waals surface area contributed by atoms with Crippen molar-refractivity contribution >= 4 is 34.7 Å². The van der Waals surface area contributed by atoms with Gasteiger partial charge in [0.05, 0.1) is 16.7 Å². The summed E-state index contributed by atoms with van der Waals surface area (Å²) in [6.45, 7) is 1.35. The SMILES string of the molecule is CC(=O)N(c1cccc(Cl)c1)c1cc([N+](=O)[O-])ccn1. The van der Waals surface area contributed by atoms with E-state index >= 15 is 0 Å². The summed E-state index contributed by atoms with van der Waals surface area (Å²) in [5.74, 6) is -0.144. The lowest BCUT2D eigenvalue weighted by atomic mass is 10.2. The molecule has 20 heavy (non-hydrogen) atoms. The number of aromatic nitrogens is 1. The summed E-state index contributed by atoms with van der Waals surface area (Å²) in [7, 11) is 0. The van der Waals surface area contributed by atoms with E-state index in [4.69, 9.17) is 11.6 Å². The molecule has 1 amide bonds. The van der Waals surface area contributed by atoms with Gasteiger partial charge >= 0.3 is 0 Å². The maximum atomic E-state index is 11.8. The van der Waals surface area contributed by atoms with E-state index < -0.39 is 4.92 Å². The quantitative estimate of drug-likeness (QED) is 0.642. The molecule has 0 aliphatic heterocycles. The Labute approximate surface area is 119 Å². The number of carbonyl (C=O) groups is 1. The Morgan fingerprint density at radius 2 is 2.10 bits per heavy atom. The minimum absolute atomic E-state index is 0.136. The Balaban J connectivity index is 2.52. The molecule has 1 heterocycles. The second-order valence-electron chi connectivity index (χ2n) is 3.96. The van der Waals surface area contributed by atoms with Crippen LogP contribution in [-0.2, 0) is 4.79 Å². The third-order valence-electron chi connectivity index (χ3n) is 2.55. The van der Waals surface area contributed by atoms with Crippen molar-refractivity contribution in [3.05, 3.63) is 57.7 Å². The van der Waals surface area contributed by atoms with Crippen LogP contribution in [-0.4, -0.2) is 15.8 Å². The van der Waals surface area contributed by atoms with Crippen LogP contribution in [0.4, 0.5) is 17.2 Å². The smallest absolute Gasteiger partial charge is 0.274 e. The van der Waals surface area contributed by atoms with Crippen molar-refractivity contribution in [1.82, 2.24) is 4.98 Å². The van der Waals surface area contributed by atoms with Crippen LogP contribution in [0.2, 0.25) is 5.02 Å². The lowest BCUT2D eigenvalue weighted by Crippen LogP contribution is -2.23. The number of pyridine rings is 1. The Bertz CT molecular complexity index is 675. The van der Waals surface area contributed by atoms with Crippen molar-refractivity contribution in [2.24, 2.45) is 0 Å². The third-order valence-corrected chi connectivity index (χ3v) is 2.79. The van der Waals surface area contributed by atoms with Crippen LogP contribution in [0, 0.1) is 10.1 Å². The molecule has 2 rings (SSSR count). The molecule has 1 aromatic heterocycles. The molecular weight excluding hydrogens is 282 g/mol. The lowest BCUT2D eigenvalue weighted by molar-refractivity contribution is -0.384. The zero-order valence-electron chi connectivity index (χ0n) is 10.5. The largest absolute Gasteiger partial charge is 0.274 e. The minimum atomic E-state index is -0.540. The summed E-state index contributed by atoms with van der Waals surface area (Å²) in [6, 6.07) is 9.12. The number of hydrogen-bond donors (Lipinski definition) is 0. The summed E-state index contributed by atoms with van der Waals surface area (Å²) in [4.78, 5) is 27.3. The first-order valence-electron chi connectivity index (χ1n) is 5.66. The molecule has 0 bridgehead atoms. The number of nitro groups is 1. The summed E-state index contributed by atoms with van der Waals surface area (Å²) in [6.07, 6.45) is 1.29. The van der Waals surface area contributed by atoms with E-state index in [9.17, 15) is 14.9 Å². The van der Waals surface area contributed by atoms with E-state index in [1.807, 2.05) is 0 Å². The fourth-order valence-electron chi connectivity index (χ4n) is 1.73. The van der Waals surface area contributed by atoms with Crippen LogP contribution in [0.3, 0.4) is 0 Å². The molecule has 7 heteroatoms. The highest BCUT2D eigenvalue weighted by Gasteiger charge is 2.18. The van der Waals surface area contributed by atoms with Crippen LogP contribution in [0.1, 0.15) is 6.92 Å². The first kappa shape index (κ1) is 14.0. The molecule has 0 fully saturated rings. The van der Waals surface area contributed by atoms with Gasteiger partial charge in [0, 0.05) is 24.2 Å². The zero-order valence-corrected chi connectivity index (χ0v) is 11.2. The van der Waals surface area contributed by atoms with E-state index in [1.54, 1.807) is 24.3 Å². The lowest BCUT2D eigenvalue weighted by Gasteiger charge is -2.20. The third kappa shape index (κ3) is 2.92. The monoisotopic (exact) mass is 291 g/mol. The van der Waals surface area contributed by atoms with Crippen LogP contribution < -0.4 is 4.90 Å². The van der Waals surface area contributed by atoms with E-state index in [-0.39, 0.29) is 17.4 Å². The molecule has 2 aromatic rings. The van der Waals surface area contributed by atoms with Gasteiger partial charge in [-0.15, -0.1) is 0 Å². The molecule has 0 saturated carbocycles. The predicted octanol–water partition coefficient (Wildman–Crippen LogP) is 3.33. The van der Waals surface area contributed by atoms with Crippen molar-refractivity contribution in [3.63, 3.8) is 0 Å².